The minimum absolute atomic E-state index is 0.314. The van der Waals surface area contributed by atoms with Crippen LogP contribution < -0.4 is 5.32 Å². The van der Waals surface area contributed by atoms with Crippen LogP contribution in [0.3, 0.4) is 0 Å². The van der Waals surface area contributed by atoms with E-state index in [1.54, 1.807) is 6.07 Å². The molecule has 1 aliphatic rings. The van der Waals surface area contributed by atoms with Crippen LogP contribution in [0.15, 0.2) is 12.1 Å². The van der Waals surface area contributed by atoms with Gasteiger partial charge in [0.15, 0.2) is 0 Å². The molecule has 0 radical (unpaired) electrons. The van der Waals surface area contributed by atoms with E-state index in [9.17, 15) is 4.79 Å². The first kappa shape index (κ1) is 14.1. The Balaban J connectivity index is 1.85. The molecule has 3 atom stereocenters. The number of hydrogen-bond acceptors (Lipinski definition) is 3. The van der Waals surface area contributed by atoms with Crippen molar-refractivity contribution in [2.24, 2.45) is 11.8 Å². The number of rotatable bonds is 4. The number of carbonyl (C=O) groups is 1. The van der Waals surface area contributed by atoms with E-state index in [0.29, 0.717) is 11.7 Å². The summed E-state index contributed by atoms with van der Waals surface area (Å²) in [5.74, 6) is 1.26. The summed E-state index contributed by atoms with van der Waals surface area (Å²) in [6.45, 7) is 5.43. The van der Waals surface area contributed by atoms with Gasteiger partial charge in [-0.25, -0.2) is 4.79 Å². The van der Waals surface area contributed by atoms with Crippen molar-refractivity contribution < 1.29 is 9.53 Å². The summed E-state index contributed by atoms with van der Waals surface area (Å²) >= 11 is 0. The molecular formula is C15H24N2O2. The summed E-state index contributed by atoms with van der Waals surface area (Å²) in [5, 5.41) is 3.60. The first-order valence-corrected chi connectivity index (χ1v) is 7.09. The van der Waals surface area contributed by atoms with Crippen molar-refractivity contribution in [1.29, 1.82) is 0 Å². The second-order valence-corrected chi connectivity index (χ2v) is 5.77. The number of methoxy groups -OCH3 is 1. The van der Waals surface area contributed by atoms with E-state index in [1.165, 1.54) is 26.4 Å². The van der Waals surface area contributed by atoms with Gasteiger partial charge in [-0.3, -0.25) is 0 Å². The largest absolute Gasteiger partial charge is 0.464 e. The lowest BCUT2D eigenvalue weighted by atomic mass is 9.80. The van der Waals surface area contributed by atoms with Gasteiger partial charge in [0.2, 0.25) is 0 Å². The third kappa shape index (κ3) is 3.60. The fourth-order valence-electron chi connectivity index (χ4n) is 2.98. The van der Waals surface area contributed by atoms with Crippen LogP contribution in [0.2, 0.25) is 0 Å². The third-order valence-electron chi connectivity index (χ3n) is 4.14. The van der Waals surface area contributed by atoms with E-state index in [0.717, 1.165) is 24.1 Å². The standard InChI is InChI=1S/C15H24N2O2/c1-10-4-6-13(11(2)8-10)16-9-12-5-7-14(17-12)15(18)19-3/h5,7,10-11,13,16-17H,4,6,8-9H2,1-3H3. The molecule has 2 N–H and O–H groups in total. The van der Waals surface area contributed by atoms with E-state index in [1.807, 2.05) is 6.07 Å². The predicted octanol–water partition coefficient (Wildman–Crippen LogP) is 2.72. The Labute approximate surface area is 114 Å². The second-order valence-electron chi connectivity index (χ2n) is 5.77. The Kier molecular flexibility index (Phi) is 4.64. The molecule has 0 amide bonds. The zero-order valence-corrected chi connectivity index (χ0v) is 12.0. The minimum atomic E-state index is -0.314. The van der Waals surface area contributed by atoms with Crippen LogP contribution in [0.1, 0.15) is 49.3 Å². The fourth-order valence-corrected chi connectivity index (χ4v) is 2.98. The lowest BCUT2D eigenvalue weighted by molar-refractivity contribution is 0.0594. The maximum absolute atomic E-state index is 11.3. The van der Waals surface area contributed by atoms with Gasteiger partial charge in [-0.1, -0.05) is 13.8 Å². The highest BCUT2D eigenvalue weighted by Crippen LogP contribution is 2.28. The lowest BCUT2D eigenvalue weighted by Crippen LogP contribution is -2.38. The van der Waals surface area contributed by atoms with Crippen molar-refractivity contribution in [3.05, 3.63) is 23.5 Å². The quantitative estimate of drug-likeness (QED) is 0.822. The molecule has 1 aromatic heterocycles. The molecule has 3 unspecified atom stereocenters. The van der Waals surface area contributed by atoms with Crippen molar-refractivity contribution >= 4 is 5.97 Å². The van der Waals surface area contributed by atoms with Crippen molar-refractivity contribution in [3.63, 3.8) is 0 Å². The van der Waals surface area contributed by atoms with Crippen LogP contribution in [-0.4, -0.2) is 24.1 Å². The topological polar surface area (TPSA) is 54.1 Å². The van der Waals surface area contributed by atoms with Gasteiger partial charge in [0.1, 0.15) is 5.69 Å². The van der Waals surface area contributed by atoms with Crippen LogP contribution in [0.4, 0.5) is 0 Å². The second kappa shape index (κ2) is 6.24. The average Bonchev–Trinajstić information content (AvgIpc) is 2.85. The summed E-state index contributed by atoms with van der Waals surface area (Å²) in [4.78, 5) is 14.4. The van der Waals surface area contributed by atoms with E-state index in [4.69, 9.17) is 0 Å². The van der Waals surface area contributed by atoms with Crippen LogP contribution >= 0.6 is 0 Å². The number of nitrogens with one attached hydrogen (secondary N) is 2. The predicted molar refractivity (Wildman–Crippen MR) is 74.9 cm³/mol. The Bertz CT molecular complexity index is 428. The molecule has 1 heterocycles. The Morgan fingerprint density at radius 3 is 2.89 bits per heavy atom. The van der Waals surface area contributed by atoms with Gasteiger partial charge >= 0.3 is 5.97 Å². The van der Waals surface area contributed by atoms with Crippen LogP contribution in [-0.2, 0) is 11.3 Å². The van der Waals surface area contributed by atoms with Crippen LogP contribution in [0.25, 0.3) is 0 Å². The number of carbonyl (C=O) groups excluding carboxylic acids is 1. The number of hydrogen-bond donors (Lipinski definition) is 2. The van der Waals surface area contributed by atoms with Crippen molar-refractivity contribution in [2.75, 3.05) is 7.11 Å². The summed E-state index contributed by atoms with van der Waals surface area (Å²) < 4.78 is 4.68. The first-order valence-electron chi connectivity index (χ1n) is 7.09. The lowest BCUT2D eigenvalue weighted by Gasteiger charge is -2.33. The van der Waals surface area contributed by atoms with Crippen molar-refractivity contribution in [2.45, 2.75) is 45.7 Å². The average molecular weight is 264 g/mol. The van der Waals surface area contributed by atoms with E-state index >= 15 is 0 Å². The molecule has 4 heteroatoms. The number of aromatic amines is 1. The maximum atomic E-state index is 11.3. The zero-order valence-electron chi connectivity index (χ0n) is 12.0. The number of H-pyrrole nitrogens is 1. The van der Waals surface area contributed by atoms with Gasteiger partial charge in [-0.2, -0.15) is 0 Å². The first-order chi connectivity index (χ1) is 9.10. The molecule has 0 spiro atoms. The molecule has 1 aliphatic carbocycles. The minimum Gasteiger partial charge on any atom is -0.464 e. The SMILES string of the molecule is COC(=O)c1ccc(CNC2CCC(C)CC2C)[nH]1. The summed E-state index contributed by atoms with van der Waals surface area (Å²) in [6, 6.07) is 4.30. The Hall–Kier alpha value is -1.29. The Morgan fingerprint density at radius 2 is 2.21 bits per heavy atom. The van der Waals surface area contributed by atoms with Gasteiger partial charge in [0.05, 0.1) is 7.11 Å². The van der Waals surface area contributed by atoms with Gasteiger partial charge in [-0.15, -0.1) is 0 Å². The number of aromatic nitrogens is 1. The maximum Gasteiger partial charge on any atom is 0.354 e. The summed E-state index contributed by atoms with van der Waals surface area (Å²) in [6.07, 6.45) is 3.85. The molecule has 4 nitrogen and oxygen atoms in total. The fraction of sp³-hybridized carbons (Fsp3) is 0.667. The summed E-state index contributed by atoms with van der Waals surface area (Å²) in [5.41, 5.74) is 1.55. The normalized spacial score (nSPS) is 27.2. The molecule has 106 valence electrons. The molecular weight excluding hydrogens is 240 g/mol. The molecule has 1 saturated carbocycles. The molecule has 0 aliphatic heterocycles. The van der Waals surface area contributed by atoms with Crippen LogP contribution in [0, 0.1) is 11.8 Å². The van der Waals surface area contributed by atoms with Crippen molar-refractivity contribution in [1.82, 2.24) is 10.3 Å². The highest BCUT2D eigenvalue weighted by atomic mass is 16.5. The molecule has 2 rings (SSSR count). The van der Waals surface area contributed by atoms with E-state index in [2.05, 4.69) is 28.9 Å². The van der Waals surface area contributed by atoms with Gasteiger partial charge in [0, 0.05) is 18.3 Å². The highest BCUT2D eigenvalue weighted by Gasteiger charge is 2.24. The summed E-state index contributed by atoms with van der Waals surface area (Å²) in [7, 11) is 1.39. The molecule has 1 fully saturated rings. The van der Waals surface area contributed by atoms with Crippen molar-refractivity contribution in [3.8, 4) is 0 Å². The monoisotopic (exact) mass is 264 g/mol. The third-order valence-corrected chi connectivity index (χ3v) is 4.14. The number of esters is 1. The van der Waals surface area contributed by atoms with Gasteiger partial charge in [-0.05, 0) is 43.2 Å². The highest BCUT2D eigenvalue weighted by molar-refractivity contribution is 5.87. The van der Waals surface area contributed by atoms with E-state index < -0.39 is 0 Å². The number of ether oxygens (including phenoxy) is 1. The molecule has 0 bridgehead atoms. The molecule has 1 aromatic rings. The molecule has 0 aromatic carbocycles. The van der Waals surface area contributed by atoms with Gasteiger partial charge < -0.3 is 15.0 Å². The Morgan fingerprint density at radius 1 is 1.42 bits per heavy atom. The van der Waals surface area contributed by atoms with Gasteiger partial charge in [0.25, 0.3) is 0 Å². The zero-order chi connectivity index (χ0) is 13.8. The van der Waals surface area contributed by atoms with E-state index in [-0.39, 0.29) is 5.97 Å². The molecule has 0 saturated heterocycles. The van der Waals surface area contributed by atoms with Crippen LogP contribution in [0.5, 0.6) is 0 Å². The molecule has 19 heavy (non-hydrogen) atoms. The smallest absolute Gasteiger partial charge is 0.354 e.